The van der Waals surface area contributed by atoms with Crippen LogP contribution in [0.3, 0.4) is 0 Å². The highest BCUT2D eigenvalue weighted by Crippen LogP contribution is 2.24. The average Bonchev–Trinajstić information content (AvgIpc) is 2.55. The van der Waals surface area contributed by atoms with Gasteiger partial charge in [0.15, 0.2) is 6.10 Å². The van der Waals surface area contributed by atoms with Crippen LogP contribution in [0.15, 0.2) is 18.2 Å². The van der Waals surface area contributed by atoms with E-state index in [1.807, 2.05) is 19.1 Å². The Morgan fingerprint density at radius 2 is 2.12 bits per heavy atom. The highest BCUT2D eigenvalue weighted by atomic mass is 35.5. The van der Waals surface area contributed by atoms with Gasteiger partial charge in [0, 0.05) is 6.54 Å². The third kappa shape index (κ3) is 6.87. The maximum atomic E-state index is 12.2. The van der Waals surface area contributed by atoms with Crippen LogP contribution in [-0.2, 0) is 4.79 Å². The van der Waals surface area contributed by atoms with Crippen LogP contribution in [0, 0.1) is 12.8 Å². The van der Waals surface area contributed by atoms with Crippen molar-refractivity contribution in [1.29, 1.82) is 0 Å². The molecule has 25 heavy (non-hydrogen) atoms. The van der Waals surface area contributed by atoms with Crippen molar-refractivity contribution in [2.45, 2.75) is 59.0 Å². The molecular formula is C20H33ClN2O2. The lowest BCUT2D eigenvalue weighted by atomic mass is 9.96. The standard InChI is InChI=1S/C20H32N2O2.ClH/c1-14(2)19-8-7-18(12-15(19)3)24-16(4)20(23)22-11-9-17-6-5-10-21-13-17;/h7-8,12,14,16-17,21H,5-6,9-11,13H2,1-4H3,(H,22,23);1H. The van der Waals surface area contributed by atoms with Gasteiger partial charge < -0.3 is 15.4 Å². The molecule has 1 aromatic rings. The summed E-state index contributed by atoms with van der Waals surface area (Å²) >= 11 is 0. The Morgan fingerprint density at radius 3 is 2.72 bits per heavy atom. The van der Waals surface area contributed by atoms with Crippen LogP contribution in [0.5, 0.6) is 5.75 Å². The molecule has 0 bridgehead atoms. The Labute approximate surface area is 158 Å². The summed E-state index contributed by atoms with van der Waals surface area (Å²) in [5.74, 6) is 1.90. The number of carbonyl (C=O) groups excluding carboxylic acids is 1. The minimum atomic E-state index is -0.473. The summed E-state index contributed by atoms with van der Waals surface area (Å²) in [6, 6.07) is 6.07. The van der Waals surface area contributed by atoms with Gasteiger partial charge >= 0.3 is 0 Å². The van der Waals surface area contributed by atoms with Crippen molar-refractivity contribution in [2.75, 3.05) is 19.6 Å². The zero-order valence-corrected chi connectivity index (χ0v) is 16.7. The van der Waals surface area contributed by atoms with Gasteiger partial charge in [-0.1, -0.05) is 19.9 Å². The van der Waals surface area contributed by atoms with Crippen molar-refractivity contribution < 1.29 is 9.53 Å². The average molecular weight is 369 g/mol. The Kier molecular flexibility index (Phi) is 9.30. The molecule has 1 fully saturated rings. The van der Waals surface area contributed by atoms with E-state index in [9.17, 15) is 4.79 Å². The molecular weight excluding hydrogens is 336 g/mol. The molecule has 2 unspecified atom stereocenters. The summed E-state index contributed by atoms with van der Waals surface area (Å²) in [5.41, 5.74) is 2.53. The number of hydrogen-bond donors (Lipinski definition) is 2. The molecule has 1 heterocycles. The van der Waals surface area contributed by atoms with E-state index in [2.05, 4.69) is 37.5 Å². The maximum Gasteiger partial charge on any atom is 0.260 e. The Morgan fingerprint density at radius 1 is 1.36 bits per heavy atom. The molecule has 0 saturated carbocycles. The summed E-state index contributed by atoms with van der Waals surface area (Å²) in [6.07, 6.45) is 3.06. The Hall–Kier alpha value is -1.26. The van der Waals surface area contributed by atoms with Crippen molar-refractivity contribution in [3.8, 4) is 5.75 Å². The van der Waals surface area contributed by atoms with E-state index in [1.54, 1.807) is 0 Å². The van der Waals surface area contributed by atoms with E-state index in [-0.39, 0.29) is 18.3 Å². The molecule has 5 heteroatoms. The number of benzene rings is 1. The van der Waals surface area contributed by atoms with E-state index >= 15 is 0 Å². The molecule has 0 radical (unpaired) electrons. The number of aryl methyl sites for hydroxylation is 1. The zero-order chi connectivity index (χ0) is 17.5. The highest BCUT2D eigenvalue weighted by Gasteiger charge is 2.17. The Bertz CT molecular complexity index is 542. The first-order valence-corrected chi connectivity index (χ1v) is 9.23. The Balaban J connectivity index is 0.00000312. The molecule has 0 aliphatic carbocycles. The summed E-state index contributed by atoms with van der Waals surface area (Å²) < 4.78 is 5.81. The molecule has 1 saturated heterocycles. The molecule has 2 N–H and O–H groups in total. The summed E-state index contributed by atoms with van der Waals surface area (Å²) in [4.78, 5) is 12.2. The van der Waals surface area contributed by atoms with Gasteiger partial charge in [0.1, 0.15) is 5.75 Å². The fourth-order valence-corrected chi connectivity index (χ4v) is 3.34. The van der Waals surface area contributed by atoms with E-state index in [0.29, 0.717) is 11.8 Å². The van der Waals surface area contributed by atoms with E-state index < -0.39 is 6.10 Å². The van der Waals surface area contributed by atoms with Gasteiger partial charge in [-0.3, -0.25) is 4.79 Å². The number of hydrogen-bond acceptors (Lipinski definition) is 3. The number of nitrogens with one attached hydrogen (secondary N) is 2. The van der Waals surface area contributed by atoms with Gasteiger partial charge in [-0.15, -0.1) is 12.4 Å². The zero-order valence-electron chi connectivity index (χ0n) is 15.9. The molecule has 142 valence electrons. The first-order valence-electron chi connectivity index (χ1n) is 9.23. The number of ether oxygens (including phenoxy) is 1. The normalized spacial score (nSPS) is 18.4. The third-order valence-corrected chi connectivity index (χ3v) is 4.80. The van der Waals surface area contributed by atoms with Crippen molar-refractivity contribution in [1.82, 2.24) is 10.6 Å². The van der Waals surface area contributed by atoms with Crippen LogP contribution in [0.2, 0.25) is 0 Å². The number of halogens is 1. The van der Waals surface area contributed by atoms with Crippen molar-refractivity contribution in [3.05, 3.63) is 29.3 Å². The van der Waals surface area contributed by atoms with Crippen LogP contribution >= 0.6 is 12.4 Å². The van der Waals surface area contributed by atoms with Crippen LogP contribution in [0.1, 0.15) is 57.1 Å². The lowest BCUT2D eigenvalue weighted by Crippen LogP contribution is -2.38. The monoisotopic (exact) mass is 368 g/mol. The molecule has 1 aromatic carbocycles. The fraction of sp³-hybridized carbons (Fsp3) is 0.650. The second-order valence-corrected chi connectivity index (χ2v) is 7.23. The van der Waals surface area contributed by atoms with Gasteiger partial charge in [-0.05, 0) is 81.3 Å². The molecule has 4 nitrogen and oxygen atoms in total. The van der Waals surface area contributed by atoms with Gasteiger partial charge in [-0.25, -0.2) is 0 Å². The molecule has 0 aromatic heterocycles. The SMILES string of the molecule is Cc1cc(OC(C)C(=O)NCCC2CCCNC2)ccc1C(C)C.Cl. The lowest BCUT2D eigenvalue weighted by molar-refractivity contribution is -0.127. The molecule has 1 amide bonds. The maximum absolute atomic E-state index is 12.2. The summed E-state index contributed by atoms with van der Waals surface area (Å²) in [7, 11) is 0. The molecule has 1 aliphatic heterocycles. The quantitative estimate of drug-likeness (QED) is 0.769. The molecule has 2 atom stereocenters. The number of amides is 1. The first-order chi connectivity index (χ1) is 11.5. The predicted molar refractivity (Wildman–Crippen MR) is 106 cm³/mol. The largest absolute Gasteiger partial charge is 0.481 e. The predicted octanol–water partition coefficient (Wildman–Crippen LogP) is 3.81. The molecule has 0 spiro atoms. The third-order valence-electron chi connectivity index (χ3n) is 4.80. The van der Waals surface area contributed by atoms with Crippen molar-refractivity contribution >= 4 is 18.3 Å². The molecule has 1 aliphatic rings. The minimum Gasteiger partial charge on any atom is -0.481 e. The van der Waals surface area contributed by atoms with Gasteiger partial charge in [-0.2, -0.15) is 0 Å². The van der Waals surface area contributed by atoms with Crippen molar-refractivity contribution in [2.24, 2.45) is 5.92 Å². The number of carbonyl (C=O) groups is 1. The van der Waals surface area contributed by atoms with E-state index in [0.717, 1.165) is 31.8 Å². The van der Waals surface area contributed by atoms with Crippen LogP contribution in [0.25, 0.3) is 0 Å². The van der Waals surface area contributed by atoms with Crippen LogP contribution < -0.4 is 15.4 Å². The second kappa shape index (κ2) is 10.7. The van der Waals surface area contributed by atoms with E-state index in [4.69, 9.17) is 4.74 Å². The second-order valence-electron chi connectivity index (χ2n) is 7.23. The smallest absolute Gasteiger partial charge is 0.260 e. The summed E-state index contributed by atoms with van der Waals surface area (Å²) in [5, 5.41) is 6.41. The summed E-state index contributed by atoms with van der Waals surface area (Å²) in [6.45, 7) is 11.2. The van der Waals surface area contributed by atoms with Crippen LogP contribution in [0.4, 0.5) is 0 Å². The van der Waals surface area contributed by atoms with E-state index in [1.165, 1.54) is 24.0 Å². The fourth-order valence-electron chi connectivity index (χ4n) is 3.34. The van der Waals surface area contributed by atoms with Crippen molar-refractivity contribution in [3.63, 3.8) is 0 Å². The van der Waals surface area contributed by atoms with Gasteiger partial charge in [0.2, 0.25) is 0 Å². The first kappa shape index (κ1) is 21.8. The highest BCUT2D eigenvalue weighted by molar-refractivity contribution is 5.85. The van der Waals surface area contributed by atoms with Gasteiger partial charge in [0.25, 0.3) is 5.91 Å². The topological polar surface area (TPSA) is 50.4 Å². The molecule has 2 rings (SSSR count). The van der Waals surface area contributed by atoms with Crippen LogP contribution in [-0.4, -0.2) is 31.6 Å². The number of rotatable bonds is 7. The minimum absolute atomic E-state index is 0. The lowest BCUT2D eigenvalue weighted by Gasteiger charge is -2.23. The number of piperidine rings is 1. The van der Waals surface area contributed by atoms with Gasteiger partial charge in [0.05, 0.1) is 0 Å².